The van der Waals surface area contributed by atoms with Crippen LogP contribution in [0.4, 0.5) is 8.78 Å². The first-order chi connectivity index (χ1) is 9.84. The number of nitrogens with zero attached hydrogens (tertiary/aromatic N) is 5. The molecule has 3 rings (SSSR count). The number of aryl methyl sites for hydroxylation is 1. The van der Waals surface area contributed by atoms with Crippen LogP contribution < -0.4 is 0 Å². The highest BCUT2D eigenvalue weighted by molar-refractivity contribution is 5.22. The Morgan fingerprint density at radius 1 is 1.29 bits per heavy atom. The molecule has 1 aliphatic rings. The van der Waals surface area contributed by atoms with Crippen LogP contribution in [-0.4, -0.2) is 30.7 Å². The van der Waals surface area contributed by atoms with Gasteiger partial charge in [-0.2, -0.15) is 5.10 Å². The van der Waals surface area contributed by atoms with Gasteiger partial charge in [0.1, 0.15) is 5.69 Å². The lowest BCUT2D eigenvalue weighted by atomic mass is 9.81. The van der Waals surface area contributed by atoms with Crippen molar-refractivity contribution in [3.8, 4) is 0 Å². The van der Waals surface area contributed by atoms with E-state index < -0.39 is 5.92 Å². The fraction of sp³-hybridized carbons (Fsp3) is 0.643. The van der Waals surface area contributed by atoms with Crippen molar-refractivity contribution in [2.24, 2.45) is 5.92 Å². The molecule has 0 radical (unpaired) electrons. The second-order valence-corrected chi connectivity index (χ2v) is 6.02. The van der Waals surface area contributed by atoms with E-state index in [0.717, 1.165) is 17.1 Å². The van der Waals surface area contributed by atoms with Gasteiger partial charge < -0.3 is 0 Å². The average molecular weight is 295 g/mol. The summed E-state index contributed by atoms with van der Waals surface area (Å²) in [7, 11) is 0. The Morgan fingerprint density at radius 2 is 2.00 bits per heavy atom. The van der Waals surface area contributed by atoms with Gasteiger partial charge in [-0.15, -0.1) is 5.10 Å². The molecule has 1 fully saturated rings. The average Bonchev–Trinajstić information content (AvgIpc) is 2.89. The molecular formula is C14H19F2N5. The summed E-state index contributed by atoms with van der Waals surface area (Å²) in [5.74, 6) is -2.47. The summed E-state index contributed by atoms with van der Waals surface area (Å²) in [6.45, 7) is 7.12. The molecule has 7 heteroatoms. The van der Waals surface area contributed by atoms with Gasteiger partial charge in [0.2, 0.25) is 5.92 Å². The SMILES string of the molecule is Cc1nn(Cc2cn(CC3CC(F)(F)C3)nn2)c(C)c1C. The van der Waals surface area contributed by atoms with Gasteiger partial charge in [0, 0.05) is 25.1 Å². The van der Waals surface area contributed by atoms with E-state index in [0.29, 0.717) is 13.1 Å². The van der Waals surface area contributed by atoms with Crippen LogP contribution in [0.1, 0.15) is 35.5 Å². The van der Waals surface area contributed by atoms with Crippen molar-refractivity contribution in [1.82, 2.24) is 24.8 Å². The number of hydrogen-bond donors (Lipinski definition) is 0. The van der Waals surface area contributed by atoms with E-state index >= 15 is 0 Å². The van der Waals surface area contributed by atoms with Gasteiger partial charge in [-0.1, -0.05) is 5.21 Å². The molecule has 0 amide bonds. The summed E-state index contributed by atoms with van der Waals surface area (Å²) in [5, 5.41) is 12.6. The number of aromatic nitrogens is 5. The smallest absolute Gasteiger partial charge is 0.248 e. The Balaban J connectivity index is 1.64. The minimum Gasteiger partial charge on any atom is -0.263 e. The zero-order valence-corrected chi connectivity index (χ0v) is 12.5. The first-order valence-corrected chi connectivity index (χ1v) is 7.11. The quantitative estimate of drug-likeness (QED) is 0.870. The first kappa shape index (κ1) is 14.2. The van der Waals surface area contributed by atoms with Crippen molar-refractivity contribution < 1.29 is 8.78 Å². The normalized spacial score (nSPS) is 18.0. The molecule has 1 aliphatic carbocycles. The highest BCUT2D eigenvalue weighted by Gasteiger charge is 2.45. The van der Waals surface area contributed by atoms with E-state index in [1.54, 1.807) is 4.68 Å². The maximum atomic E-state index is 12.8. The topological polar surface area (TPSA) is 48.5 Å². The van der Waals surface area contributed by atoms with Gasteiger partial charge in [0.05, 0.1) is 18.4 Å². The third-order valence-corrected chi connectivity index (χ3v) is 4.26. The van der Waals surface area contributed by atoms with Gasteiger partial charge in [0.15, 0.2) is 0 Å². The third kappa shape index (κ3) is 2.82. The highest BCUT2D eigenvalue weighted by Crippen LogP contribution is 2.42. The molecule has 0 bridgehead atoms. The zero-order valence-electron chi connectivity index (χ0n) is 12.5. The number of rotatable bonds is 4. The lowest BCUT2D eigenvalue weighted by molar-refractivity contribution is -0.114. The number of halogens is 2. The Hall–Kier alpha value is -1.79. The molecule has 0 atom stereocenters. The maximum Gasteiger partial charge on any atom is 0.248 e. The predicted molar refractivity (Wildman–Crippen MR) is 73.2 cm³/mol. The monoisotopic (exact) mass is 295 g/mol. The summed E-state index contributed by atoms with van der Waals surface area (Å²) >= 11 is 0. The molecular weight excluding hydrogens is 276 g/mol. The molecule has 0 saturated heterocycles. The molecule has 0 aliphatic heterocycles. The molecule has 2 heterocycles. The summed E-state index contributed by atoms with van der Waals surface area (Å²) < 4.78 is 29.2. The molecule has 0 aromatic carbocycles. The molecule has 2 aromatic heterocycles. The van der Waals surface area contributed by atoms with Crippen molar-refractivity contribution >= 4 is 0 Å². The third-order valence-electron chi connectivity index (χ3n) is 4.26. The van der Waals surface area contributed by atoms with Crippen LogP contribution in [0.2, 0.25) is 0 Å². The van der Waals surface area contributed by atoms with Crippen LogP contribution in [0, 0.1) is 26.7 Å². The van der Waals surface area contributed by atoms with E-state index in [9.17, 15) is 8.78 Å². The number of alkyl halides is 2. The molecule has 21 heavy (non-hydrogen) atoms. The van der Waals surface area contributed by atoms with Crippen LogP contribution in [0.25, 0.3) is 0 Å². The van der Waals surface area contributed by atoms with Crippen molar-refractivity contribution in [2.75, 3.05) is 0 Å². The summed E-state index contributed by atoms with van der Waals surface area (Å²) in [6, 6.07) is 0. The van der Waals surface area contributed by atoms with E-state index in [1.807, 2.05) is 31.6 Å². The van der Waals surface area contributed by atoms with Crippen LogP contribution in [0.15, 0.2) is 6.20 Å². The van der Waals surface area contributed by atoms with Crippen molar-refractivity contribution in [2.45, 2.75) is 52.6 Å². The van der Waals surface area contributed by atoms with Crippen LogP contribution >= 0.6 is 0 Å². The Bertz CT molecular complexity index is 650. The van der Waals surface area contributed by atoms with E-state index in [2.05, 4.69) is 15.4 Å². The fourth-order valence-electron chi connectivity index (χ4n) is 2.77. The second kappa shape index (κ2) is 4.89. The van der Waals surface area contributed by atoms with Crippen molar-refractivity contribution in [1.29, 1.82) is 0 Å². The molecule has 2 aromatic rings. The molecule has 0 spiro atoms. The summed E-state index contributed by atoms with van der Waals surface area (Å²) in [4.78, 5) is 0. The first-order valence-electron chi connectivity index (χ1n) is 7.11. The van der Waals surface area contributed by atoms with Crippen LogP contribution in [0.5, 0.6) is 0 Å². The Labute approximate surface area is 122 Å². The van der Waals surface area contributed by atoms with Gasteiger partial charge in [0.25, 0.3) is 0 Å². The molecule has 114 valence electrons. The largest absolute Gasteiger partial charge is 0.263 e. The highest BCUT2D eigenvalue weighted by atomic mass is 19.3. The molecule has 5 nitrogen and oxygen atoms in total. The predicted octanol–water partition coefficient (Wildman–Crippen LogP) is 2.49. The molecule has 0 unspecified atom stereocenters. The van der Waals surface area contributed by atoms with Gasteiger partial charge in [-0.25, -0.2) is 8.78 Å². The second-order valence-electron chi connectivity index (χ2n) is 6.02. The standard InChI is InChI=1S/C14H19F2N5/c1-9-10(2)18-21(11(9)3)8-13-7-20(19-17-13)6-12-4-14(15,16)5-12/h7,12H,4-6,8H2,1-3H3. The maximum absolute atomic E-state index is 12.8. The zero-order chi connectivity index (χ0) is 15.2. The lowest BCUT2D eigenvalue weighted by Crippen LogP contribution is -2.37. The summed E-state index contributed by atoms with van der Waals surface area (Å²) in [6.07, 6.45) is 1.74. The van der Waals surface area contributed by atoms with Crippen LogP contribution in [0.3, 0.4) is 0 Å². The van der Waals surface area contributed by atoms with Crippen molar-refractivity contribution in [3.05, 3.63) is 28.8 Å². The van der Waals surface area contributed by atoms with Gasteiger partial charge >= 0.3 is 0 Å². The molecule has 0 N–H and O–H groups in total. The van der Waals surface area contributed by atoms with Gasteiger partial charge in [-0.3, -0.25) is 9.36 Å². The fourth-order valence-corrected chi connectivity index (χ4v) is 2.77. The van der Waals surface area contributed by atoms with Gasteiger partial charge in [-0.05, 0) is 32.3 Å². The Kier molecular flexibility index (Phi) is 3.30. The summed E-state index contributed by atoms with van der Waals surface area (Å²) in [5.41, 5.74) is 4.10. The van der Waals surface area contributed by atoms with E-state index in [1.165, 1.54) is 5.56 Å². The van der Waals surface area contributed by atoms with E-state index in [4.69, 9.17) is 0 Å². The number of hydrogen-bond acceptors (Lipinski definition) is 3. The van der Waals surface area contributed by atoms with E-state index in [-0.39, 0.29) is 18.8 Å². The minimum absolute atomic E-state index is 0.00507. The molecule has 1 saturated carbocycles. The van der Waals surface area contributed by atoms with Crippen molar-refractivity contribution in [3.63, 3.8) is 0 Å². The lowest BCUT2D eigenvalue weighted by Gasteiger charge is -2.34. The Morgan fingerprint density at radius 3 is 2.57 bits per heavy atom. The minimum atomic E-state index is -2.48. The van der Waals surface area contributed by atoms with Crippen LogP contribution in [-0.2, 0) is 13.1 Å².